The molecule has 2 heterocycles. The largest absolute Gasteiger partial charge is 0.447 e. The summed E-state index contributed by atoms with van der Waals surface area (Å²) in [4.78, 5) is 26.1. The molecule has 5 nitrogen and oxygen atoms in total. The molecule has 1 aliphatic rings. The number of nitrogens with zero attached hydrogens (tertiary/aromatic N) is 1. The van der Waals surface area contributed by atoms with Crippen LogP contribution in [0.25, 0.3) is 0 Å². The van der Waals surface area contributed by atoms with Crippen LogP contribution in [0.5, 0.6) is 0 Å². The van der Waals surface area contributed by atoms with Crippen molar-refractivity contribution in [1.29, 1.82) is 0 Å². The lowest BCUT2D eigenvalue weighted by Crippen LogP contribution is -2.23. The Balaban J connectivity index is 1.68. The number of benzene rings is 1. The van der Waals surface area contributed by atoms with E-state index in [4.69, 9.17) is 4.74 Å². The molecule has 21 heavy (non-hydrogen) atoms. The van der Waals surface area contributed by atoms with E-state index in [0.29, 0.717) is 25.3 Å². The molecular weight excluding hydrogens is 288 g/mol. The first-order valence-electron chi connectivity index (χ1n) is 6.59. The number of hydrogen-bond donors (Lipinski definition) is 1. The molecule has 0 saturated carbocycles. The Morgan fingerprint density at radius 2 is 2.24 bits per heavy atom. The van der Waals surface area contributed by atoms with Gasteiger partial charge in [0.15, 0.2) is 0 Å². The van der Waals surface area contributed by atoms with Crippen molar-refractivity contribution in [3.05, 3.63) is 46.7 Å². The maximum Gasteiger partial charge on any atom is 0.414 e. The molecule has 0 spiro atoms. The van der Waals surface area contributed by atoms with E-state index in [9.17, 15) is 9.59 Å². The summed E-state index contributed by atoms with van der Waals surface area (Å²) in [7, 11) is 0. The van der Waals surface area contributed by atoms with Crippen LogP contribution in [0, 0.1) is 0 Å². The van der Waals surface area contributed by atoms with Gasteiger partial charge in [-0.25, -0.2) is 4.79 Å². The van der Waals surface area contributed by atoms with E-state index in [1.165, 1.54) is 0 Å². The van der Waals surface area contributed by atoms with Gasteiger partial charge in [0.05, 0.1) is 13.0 Å². The quantitative estimate of drug-likeness (QED) is 0.944. The van der Waals surface area contributed by atoms with Crippen LogP contribution in [0.2, 0.25) is 0 Å². The summed E-state index contributed by atoms with van der Waals surface area (Å²) in [5.74, 6) is -0.0707. The average molecular weight is 302 g/mol. The van der Waals surface area contributed by atoms with E-state index < -0.39 is 0 Å². The summed E-state index contributed by atoms with van der Waals surface area (Å²) in [6.45, 7) is 0.930. The first kappa shape index (κ1) is 13.6. The zero-order chi connectivity index (χ0) is 14.7. The molecule has 0 atom stereocenters. The van der Waals surface area contributed by atoms with E-state index in [-0.39, 0.29) is 12.0 Å². The first-order chi connectivity index (χ1) is 10.2. The Morgan fingerprint density at radius 1 is 1.33 bits per heavy atom. The summed E-state index contributed by atoms with van der Waals surface area (Å²) in [5.41, 5.74) is 1.40. The summed E-state index contributed by atoms with van der Waals surface area (Å²) < 4.78 is 4.91. The fourth-order valence-corrected chi connectivity index (χ4v) is 2.86. The minimum Gasteiger partial charge on any atom is -0.447 e. The Labute approximate surface area is 126 Å². The number of cyclic esters (lactones) is 1. The molecule has 1 fully saturated rings. The van der Waals surface area contributed by atoms with Crippen molar-refractivity contribution < 1.29 is 14.3 Å². The average Bonchev–Trinajstić information content (AvgIpc) is 3.10. The molecule has 2 amide bonds. The second kappa shape index (κ2) is 5.97. The molecule has 1 saturated heterocycles. The van der Waals surface area contributed by atoms with Crippen LogP contribution in [0.3, 0.4) is 0 Å². The number of carbonyl (C=O) groups excluding carboxylic acids is 2. The molecule has 1 N–H and O–H groups in total. The van der Waals surface area contributed by atoms with Crippen molar-refractivity contribution in [3.8, 4) is 0 Å². The fraction of sp³-hybridized carbons (Fsp3) is 0.200. The van der Waals surface area contributed by atoms with E-state index in [1.807, 2.05) is 29.6 Å². The van der Waals surface area contributed by atoms with Gasteiger partial charge in [0, 0.05) is 16.3 Å². The Kier molecular flexibility index (Phi) is 3.87. The van der Waals surface area contributed by atoms with E-state index in [2.05, 4.69) is 5.32 Å². The zero-order valence-corrected chi connectivity index (χ0v) is 12.1. The minimum atomic E-state index is -0.350. The predicted octanol–water partition coefficient (Wildman–Crippen LogP) is 2.89. The molecule has 6 heteroatoms. The molecule has 0 unspecified atom stereocenters. The number of carbonyl (C=O) groups is 2. The van der Waals surface area contributed by atoms with Gasteiger partial charge in [-0.05, 0) is 29.6 Å². The van der Waals surface area contributed by atoms with Gasteiger partial charge >= 0.3 is 6.09 Å². The van der Waals surface area contributed by atoms with Gasteiger partial charge < -0.3 is 10.1 Å². The van der Waals surface area contributed by atoms with Crippen LogP contribution in [0.15, 0.2) is 41.8 Å². The van der Waals surface area contributed by atoms with Crippen molar-refractivity contribution in [2.45, 2.75) is 6.42 Å². The first-order valence-corrected chi connectivity index (χ1v) is 7.47. The lowest BCUT2D eigenvalue weighted by molar-refractivity contribution is -0.115. The second-order valence-corrected chi connectivity index (χ2v) is 5.65. The van der Waals surface area contributed by atoms with Crippen LogP contribution in [0.1, 0.15) is 4.88 Å². The highest BCUT2D eigenvalue weighted by Gasteiger charge is 2.23. The molecule has 0 radical (unpaired) electrons. The predicted molar refractivity (Wildman–Crippen MR) is 81.8 cm³/mol. The SMILES string of the molecule is O=C(Cc1cccs1)Nc1cccc(N2CCOC2=O)c1. The van der Waals surface area contributed by atoms with Crippen molar-refractivity contribution >= 4 is 34.7 Å². The normalized spacial score (nSPS) is 14.1. The molecule has 3 rings (SSSR count). The number of nitrogens with one attached hydrogen (secondary N) is 1. The van der Waals surface area contributed by atoms with Gasteiger partial charge in [-0.15, -0.1) is 11.3 Å². The zero-order valence-electron chi connectivity index (χ0n) is 11.2. The molecule has 1 aliphatic heterocycles. The number of amides is 2. The van der Waals surface area contributed by atoms with Crippen LogP contribution in [-0.2, 0) is 16.0 Å². The highest BCUT2D eigenvalue weighted by Crippen LogP contribution is 2.22. The van der Waals surface area contributed by atoms with Gasteiger partial charge in [0.1, 0.15) is 6.61 Å². The number of thiophene rings is 1. The number of hydrogen-bond acceptors (Lipinski definition) is 4. The van der Waals surface area contributed by atoms with Gasteiger partial charge in [-0.3, -0.25) is 9.69 Å². The van der Waals surface area contributed by atoms with Crippen LogP contribution < -0.4 is 10.2 Å². The van der Waals surface area contributed by atoms with Crippen molar-refractivity contribution in [1.82, 2.24) is 0 Å². The Bertz CT molecular complexity index is 655. The lowest BCUT2D eigenvalue weighted by atomic mass is 10.2. The Hall–Kier alpha value is -2.34. The van der Waals surface area contributed by atoms with Crippen molar-refractivity contribution in [2.75, 3.05) is 23.4 Å². The second-order valence-electron chi connectivity index (χ2n) is 4.62. The number of ether oxygens (including phenoxy) is 1. The molecule has 0 bridgehead atoms. The maximum absolute atomic E-state index is 12.0. The topological polar surface area (TPSA) is 58.6 Å². The molecule has 2 aromatic rings. The number of anilines is 2. The van der Waals surface area contributed by atoms with E-state index in [1.54, 1.807) is 28.4 Å². The van der Waals surface area contributed by atoms with Gasteiger partial charge in [-0.2, -0.15) is 0 Å². The third kappa shape index (κ3) is 3.22. The molecular formula is C15H14N2O3S. The lowest BCUT2D eigenvalue weighted by Gasteiger charge is -2.14. The molecule has 1 aromatic heterocycles. The highest BCUT2D eigenvalue weighted by atomic mass is 32.1. The fourth-order valence-electron chi connectivity index (χ4n) is 2.16. The smallest absolute Gasteiger partial charge is 0.414 e. The van der Waals surface area contributed by atoms with E-state index >= 15 is 0 Å². The molecule has 1 aromatic carbocycles. The van der Waals surface area contributed by atoms with Gasteiger partial charge in [0.25, 0.3) is 0 Å². The minimum absolute atomic E-state index is 0.0707. The van der Waals surface area contributed by atoms with Crippen molar-refractivity contribution in [3.63, 3.8) is 0 Å². The van der Waals surface area contributed by atoms with Crippen LogP contribution >= 0.6 is 11.3 Å². The third-order valence-electron chi connectivity index (χ3n) is 3.12. The van der Waals surface area contributed by atoms with Crippen LogP contribution in [0.4, 0.5) is 16.2 Å². The van der Waals surface area contributed by atoms with E-state index in [0.717, 1.165) is 10.6 Å². The Morgan fingerprint density at radius 3 is 2.95 bits per heavy atom. The standard InChI is InChI=1S/C15H14N2O3S/c18-14(10-13-5-2-8-21-13)16-11-3-1-4-12(9-11)17-6-7-20-15(17)19/h1-5,8-9H,6-7,10H2,(H,16,18). The monoisotopic (exact) mass is 302 g/mol. The highest BCUT2D eigenvalue weighted by molar-refractivity contribution is 7.10. The number of rotatable bonds is 4. The van der Waals surface area contributed by atoms with Crippen LogP contribution in [-0.4, -0.2) is 25.2 Å². The summed E-state index contributed by atoms with van der Waals surface area (Å²) >= 11 is 1.56. The van der Waals surface area contributed by atoms with Gasteiger partial charge in [0.2, 0.25) is 5.91 Å². The summed E-state index contributed by atoms with van der Waals surface area (Å²) in [5, 5.41) is 4.79. The molecule has 108 valence electrons. The van der Waals surface area contributed by atoms with Crippen molar-refractivity contribution in [2.24, 2.45) is 0 Å². The maximum atomic E-state index is 12.0. The van der Waals surface area contributed by atoms with Gasteiger partial charge in [-0.1, -0.05) is 12.1 Å². The summed E-state index contributed by atoms with van der Waals surface area (Å²) in [6, 6.07) is 11.1. The third-order valence-corrected chi connectivity index (χ3v) is 3.99. The molecule has 0 aliphatic carbocycles. The summed E-state index contributed by atoms with van der Waals surface area (Å²) in [6.07, 6.45) is 0.00487.